The molecule has 2 aromatic rings. The van der Waals surface area contributed by atoms with Gasteiger partial charge in [0.25, 0.3) is 0 Å². The van der Waals surface area contributed by atoms with Gasteiger partial charge in [-0.25, -0.2) is 4.98 Å². The number of aromatic nitrogens is 1. The predicted octanol–water partition coefficient (Wildman–Crippen LogP) is 2.49. The number of ether oxygens (including phenoxy) is 1. The van der Waals surface area contributed by atoms with Gasteiger partial charge in [-0.05, 0) is 43.0 Å². The van der Waals surface area contributed by atoms with Crippen molar-refractivity contribution in [2.75, 3.05) is 44.2 Å². The molecular formula is C25H30N4O3. The van der Waals surface area contributed by atoms with Crippen molar-refractivity contribution in [1.29, 1.82) is 0 Å². The molecule has 5 rings (SSSR count). The quantitative estimate of drug-likeness (QED) is 0.724. The van der Waals surface area contributed by atoms with E-state index in [-0.39, 0.29) is 17.7 Å². The van der Waals surface area contributed by atoms with E-state index in [1.165, 1.54) is 0 Å². The molecule has 2 fully saturated rings. The Labute approximate surface area is 189 Å². The minimum atomic E-state index is 0.197. The number of hydrogen-bond acceptors (Lipinski definition) is 5. The second-order valence-corrected chi connectivity index (χ2v) is 8.88. The van der Waals surface area contributed by atoms with Crippen molar-refractivity contribution in [1.82, 2.24) is 14.8 Å². The average molecular weight is 435 g/mol. The van der Waals surface area contributed by atoms with Crippen molar-refractivity contribution in [2.45, 2.75) is 32.2 Å². The van der Waals surface area contributed by atoms with Gasteiger partial charge in [-0.1, -0.05) is 18.2 Å². The molecule has 3 heterocycles. The molecule has 3 aliphatic rings. The van der Waals surface area contributed by atoms with Crippen LogP contribution < -0.4 is 9.64 Å². The topological polar surface area (TPSA) is 66.0 Å². The Bertz CT molecular complexity index is 968. The van der Waals surface area contributed by atoms with Crippen LogP contribution in [-0.2, 0) is 22.6 Å². The number of pyridine rings is 1. The third-order valence-corrected chi connectivity index (χ3v) is 6.58. The molecule has 168 valence electrons. The van der Waals surface area contributed by atoms with Crippen molar-refractivity contribution < 1.29 is 14.3 Å². The summed E-state index contributed by atoms with van der Waals surface area (Å²) in [4.78, 5) is 35.8. The van der Waals surface area contributed by atoms with Crippen molar-refractivity contribution in [3.63, 3.8) is 0 Å². The second-order valence-electron chi connectivity index (χ2n) is 8.88. The fraction of sp³-hybridized carbons (Fsp3) is 0.480. The fourth-order valence-electron chi connectivity index (χ4n) is 4.51. The summed E-state index contributed by atoms with van der Waals surface area (Å²) in [5, 5.41) is 0. The lowest BCUT2D eigenvalue weighted by molar-refractivity contribution is -0.133. The lowest BCUT2D eigenvalue weighted by atomic mass is 10.0. The number of hydrogen-bond donors (Lipinski definition) is 0. The third-order valence-electron chi connectivity index (χ3n) is 6.58. The highest BCUT2D eigenvalue weighted by Crippen LogP contribution is 2.33. The van der Waals surface area contributed by atoms with Gasteiger partial charge < -0.3 is 19.4 Å². The molecule has 1 aromatic heterocycles. The first-order chi connectivity index (χ1) is 15.7. The van der Waals surface area contributed by atoms with Gasteiger partial charge in [0.15, 0.2) is 0 Å². The van der Waals surface area contributed by atoms with E-state index in [9.17, 15) is 9.59 Å². The molecule has 7 nitrogen and oxygen atoms in total. The number of nitrogens with zero attached hydrogens (tertiary/aromatic N) is 4. The molecular weight excluding hydrogens is 404 g/mol. The Balaban J connectivity index is 1.15. The minimum absolute atomic E-state index is 0.197. The summed E-state index contributed by atoms with van der Waals surface area (Å²) in [7, 11) is 0. The number of aryl methyl sites for hydroxylation is 1. The number of fused-ring (bicyclic) bond motifs is 1. The van der Waals surface area contributed by atoms with Crippen molar-refractivity contribution >= 4 is 17.6 Å². The van der Waals surface area contributed by atoms with Crippen molar-refractivity contribution in [2.24, 2.45) is 5.92 Å². The summed E-state index contributed by atoms with van der Waals surface area (Å²) in [5.74, 6) is 2.50. The normalized spacial score (nSPS) is 18.6. The first-order valence-electron chi connectivity index (χ1n) is 11.6. The molecule has 1 aliphatic carbocycles. The van der Waals surface area contributed by atoms with Crippen LogP contribution in [0.3, 0.4) is 0 Å². The lowest BCUT2D eigenvalue weighted by Gasteiger charge is -2.35. The highest BCUT2D eigenvalue weighted by atomic mass is 16.5. The van der Waals surface area contributed by atoms with E-state index in [2.05, 4.69) is 16.0 Å². The Kier molecular flexibility index (Phi) is 5.97. The largest absolute Gasteiger partial charge is 0.491 e. The van der Waals surface area contributed by atoms with Gasteiger partial charge in [-0.15, -0.1) is 0 Å². The van der Waals surface area contributed by atoms with Crippen molar-refractivity contribution in [3.05, 3.63) is 53.7 Å². The first-order valence-corrected chi connectivity index (χ1v) is 11.6. The standard InChI is InChI=1S/C25H30N4O3/c30-24(28-13-11-27(12-14-28)23-3-1-2-10-26-23)9-5-19-4-8-22-21(17-19)18-29(15-16-32-22)25(31)20-6-7-20/h1-4,8,10,17,20H,5-7,9,11-16,18H2. The molecule has 1 aromatic carbocycles. The SMILES string of the molecule is O=C(CCc1ccc2c(c1)CN(C(=O)C1CC1)CCO2)N1CCN(c2ccccn2)CC1. The maximum Gasteiger partial charge on any atom is 0.226 e. The number of amides is 2. The Morgan fingerprint density at radius 3 is 2.59 bits per heavy atom. The molecule has 32 heavy (non-hydrogen) atoms. The zero-order chi connectivity index (χ0) is 21.9. The molecule has 0 N–H and O–H groups in total. The molecule has 2 aliphatic heterocycles. The van der Waals surface area contributed by atoms with E-state index in [1.807, 2.05) is 40.1 Å². The molecule has 1 saturated heterocycles. The number of carbonyl (C=O) groups is 2. The predicted molar refractivity (Wildman–Crippen MR) is 121 cm³/mol. The van der Waals surface area contributed by atoms with E-state index < -0.39 is 0 Å². The molecule has 0 unspecified atom stereocenters. The van der Waals surface area contributed by atoms with Crippen LogP contribution in [0.2, 0.25) is 0 Å². The Hall–Kier alpha value is -3.09. The lowest BCUT2D eigenvalue weighted by Crippen LogP contribution is -2.49. The zero-order valence-corrected chi connectivity index (χ0v) is 18.4. The number of piperazine rings is 1. The summed E-state index contributed by atoms with van der Waals surface area (Å²) in [6.45, 7) is 4.85. The monoisotopic (exact) mass is 434 g/mol. The molecule has 0 atom stereocenters. The maximum atomic E-state index is 12.8. The zero-order valence-electron chi connectivity index (χ0n) is 18.4. The molecule has 0 radical (unpaired) electrons. The minimum Gasteiger partial charge on any atom is -0.491 e. The smallest absolute Gasteiger partial charge is 0.226 e. The van der Waals surface area contributed by atoms with Gasteiger partial charge >= 0.3 is 0 Å². The highest BCUT2D eigenvalue weighted by Gasteiger charge is 2.34. The van der Waals surface area contributed by atoms with E-state index in [0.717, 1.165) is 61.7 Å². The van der Waals surface area contributed by atoms with Crippen LogP contribution in [0.1, 0.15) is 30.4 Å². The van der Waals surface area contributed by atoms with Gasteiger partial charge in [0.05, 0.1) is 6.54 Å². The highest BCUT2D eigenvalue weighted by molar-refractivity contribution is 5.81. The number of anilines is 1. The van der Waals surface area contributed by atoms with Crippen LogP contribution in [0.4, 0.5) is 5.82 Å². The van der Waals surface area contributed by atoms with Gasteiger partial charge in [0, 0.05) is 56.8 Å². The van der Waals surface area contributed by atoms with E-state index in [4.69, 9.17) is 4.74 Å². The number of rotatable bonds is 5. The van der Waals surface area contributed by atoms with Crippen LogP contribution in [-0.4, -0.2) is 65.9 Å². The number of carbonyl (C=O) groups excluding carboxylic acids is 2. The Morgan fingerprint density at radius 1 is 1.00 bits per heavy atom. The molecule has 0 spiro atoms. The first kappa shape index (κ1) is 20.8. The van der Waals surface area contributed by atoms with Crippen LogP contribution in [0.25, 0.3) is 0 Å². The fourth-order valence-corrected chi connectivity index (χ4v) is 4.51. The summed E-state index contributed by atoms with van der Waals surface area (Å²) >= 11 is 0. The van der Waals surface area contributed by atoms with Gasteiger partial charge in [-0.2, -0.15) is 0 Å². The average Bonchev–Trinajstić information content (AvgIpc) is 3.70. The van der Waals surface area contributed by atoms with Crippen LogP contribution >= 0.6 is 0 Å². The van der Waals surface area contributed by atoms with Gasteiger partial charge in [0.1, 0.15) is 18.2 Å². The second kappa shape index (κ2) is 9.18. The van der Waals surface area contributed by atoms with E-state index >= 15 is 0 Å². The number of benzene rings is 1. The van der Waals surface area contributed by atoms with E-state index in [0.29, 0.717) is 32.5 Å². The summed E-state index contributed by atoms with van der Waals surface area (Å²) in [6, 6.07) is 12.1. The van der Waals surface area contributed by atoms with Gasteiger partial charge in [-0.3, -0.25) is 9.59 Å². The Morgan fingerprint density at radius 2 is 1.84 bits per heavy atom. The van der Waals surface area contributed by atoms with Crippen LogP contribution in [0, 0.1) is 5.92 Å². The van der Waals surface area contributed by atoms with Crippen LogP contribution in [0.5, 0.6) is 5.75 Å². The molecule has 2 amide bonds. The maximum absolute atomic E-state index is 12.8. The summed E-state index contributed by atoms with van der Waals surface area (Å²) in [6.07, 6.45) is 5.03. The van der Waals surface area contributed by atoms with Crippen LogP contribution in [0.15, 0.2) is 42.6 Å². The summed E-state index contributed by atoms with van der Waals surface area (Å²) in [5.41, 5.74) is 2.17. The molecule has 0 bridgehead atoms. The third kappa shape index (κ3) is 4.71. The molecule has 1 saturated carbocycles. The molecule has 7 heteroatoms. The summed E-state index contributed by atoms with van der Waals surface area (Å²) < 4.78 is 5.87. The van der Waals surface area contributed by atoms with Crippen molar-refractivity contribution in [3.8, 4) is 5.75 Å². The van der Waals surface area contributed by atoms with Gasteiger partial charge in [0.2, 0.25) is 11.8 Å². The van der Waals surface area contributed by atoms with E-state index in [1.54, 1.807) is 6.20 Å².